The lowest BCUT2D eigenvalue weighted by Crippen LogP contribution is -2.28. The molecule has 1 nitrogen and oxygen atoms in total. The van der Waals surface area contributed by atoms with Gasteiger partial charge in [0.1, 0.15) is 0 Å². The zero-order chi connectivity index (χ0) is 30.6. The summed E-state index contributed by atoms with van der Waals surface area (Å²) in [6.45, 7) is 21.7. The molecule has 0 aromatic carbocycles. The van der Waals surface area contributed by atoms with Crippen LogP contribution in [0.25, 0.3) is 0 Å². The van der Waals surface area contributed by atoms with E-state index in [1.807, 2.05) is 0 Å². The maximum atomic E-state index is 10.1. The smallest absolute Gasteiger partial charge is 0.0585 e. The van der Waals surface area contributed by atoms with Gasteiger partial charge in [-0.25, -0.2) is 0 Å². The van der Waals surface area contributed by atoms with Crippen LogP contribution in [-0.2, 0) is 0 Å². The third kappa shape index (κ3) is 11.6. The van der Waals surface area contributed by atoms with E-state index in [2.05, 4.69) is 166 Å². The second-order valence-electron chi connectivity index (χ2n) is 13.0. The van der Waals surface area contributed by atoms with Gasteiger partial charge in [0.05, 0.1) is 6.10 Å². The van der Waals surface area contributed by atoms with E-state index in [0.717, 1.165) is 24.8 Å². The minimum Gasteiger partial charge on any atom is -0.393 e. The summed E-state index contributed by atoms with van der Waals surface area (Å²) >= 11 is 0. The van der Waals surface area contributed by atoms with Crippen LogP contribution >= 0.6 is 0 Å². The number of hydrogen-bond donors (Lipinski definition) is 1. The van der Waals surface area contributed by atoms with Crippen molar-refractivity contribution in [3.8, 4) is 11.8 Å². The third-order valence-corrected chi connectivity index (χ3v) is 7.69. The van der Waals surface area contributed by atoms with Gasteiger partial charge in [-0.1, -0.05) is 147 Å². The van der Waals surface area contributed by atoms with Crippen molar-refractivity contribution in [2.75, 3.05) is 0 Å². The Morgan fingerprint density at radius 3 is 1.95 bits per heavy atom. The third-order valence-electron chi connectivity index (χ3n) is 7.69. The lowest BCUT2D eigenvalue weighted by molar-refractivity contribution is 0.116. The normalized spacial score (nSPS) is 22.6. The van der Waals surface area contributed by atoms with Gasteiger partial charge in [0.2, 0.25) is 0 Å². The molecule has 1 N–H and O–H groups in total. The van der Waals surface area contributed by atoms with Crippen molar-refractivity contribution in [2.45, 2.75) is 94.6 Å². The van der Waals surface area contributed by atoms with E-state index >= 15 is 0 Å². The van der Waals surface area contributed by atoms with E-state index in [1.165, 1.54) is 39.0 Å². The van der Waals surface area contributed by atoms with Crippen LogP contribution in [0.2, 0.25) is 0 Å². The summed E-state index contributed by atoms with van der Waals surface area (Å²) in [5.74, 6) is 6.75. The maximum Gasteiger partial charge on any atom is 0.0585 e. The van der Waals surface area contributed by atoms with Crippen molar-refractivity contribution in [3.63, 3.8) is 0 Å². The molecule has 218 valence electrons. The van der Waals surface area contributed by atoms with E-state index in [4.69, 9.17) is 0 Å². The largest absolute Gasteiger partial charge is 0.393 e. The molecule has 2 aliphatic rings. The second kappa shape index (κ2) is 15.6. The predicted molar refractivity (Wildman–Crippen MR) is 181 cm³/mol. The van der Waals surface area contributed by atoms with Crippen molar-refractivity contribution in [3.05, 3.63) is 130 Å². The number of rotatable bonds is 8. The van der Waals surface area contributed by atoms with Crippen molar-refractivity contribution < 1.29 is 5.11 Å². The van der Waals surface area contributed by atoms with E-state index in [0.29, 0.717) is 0 Å². The summed E-state index contributed by atoms with van der Waals surface area (Å²) in [6, 6.07) is 0. The van der Waals surface area contributed by atoms with Gasteiger partial charge in [-0.05, 0) is 82.9 Å². The second-order valence-corrected chi connectivity index (χ2v) is 13.0. The van der Waals surface area contributed by atoms with Gasteiger partial charge in [0.15, 0.2) is 0 Å². The molecule has 0 bridgehead atoms. The first kappa shape index (κ1) is 33.9. The summed E-state index contributed by atoms with van der Waals surface area (Å²) in [6.07, 6.45) is 32.2. The lowest BCUT2D eigenvalue weighted by atomic mass is 9.71. The topological polar surface area (TPSA) is 20.2 Å². The van der Waals surface area contributed by atoms with Gasteiger partial charge < -0.3 is 5.11 Å². The Hall–Kier alpha value is -3.34. The first-order valence-corrected chi connectivity index (χ1v) is 14.9. The summed E-state index contributed by atoms with van der Waals surface area (Å²) in [4.78, 5) is 0. The van der Waals surface area contributed by atoms with Gasteiger partial charge >= 0.3 is 0 Å². The van der Waals surface area contributed by atoms with E-state index in [-0.39, 0.29) is 16.9 Å². The summed E-state index contributed by atoms with van der Waals surface area (Å²) in [5, 5.41) is 10.1. The predicted octanol–water partition coefficient (Wildman–Crippen LogP) is 10.8. The Bertz CT molecular complexity index is 1350. The fourth-order valence-electron chi connectivity index (χ4n) is 5.39. The van der Waals surface area contributed by atoms with E-state index in [9.17, 15) is 5.11 Å². The summed E-state index contributed by atoms with van der Waals surface area (Å²) < 4.78 is 0. The maximum absolute atomic E-state index is 10.1. The van der Waals surface area contributed by atoms with Crippen molar-refractivity contribution in [1.29, 1.82) is 0 Å². The molecule has 41 heavy (non-hydrogen) atoms. The van der Waals surface area contributed by atoms with Crippen molar-refractivity contribution >= 4 is 0 Å². The Morgan fingerprint density at radius 2 is 1.37 bits per heavy atom. The first-order valence-electron chi connectivity index (χ1n) is 14.9. The van der Waals surface area contributed by atoms with Crippen LogP contribution in [0.1, 0.15) is 88.5 Å². The highest BCUT2D eigenvalue weighted by Crippen LogP contribution is 2.41. The molecule has 0 radical (unpaired) electrons. The highest BCUT2D eigenvalue weighted by molar-refractivity contribution is 5.48. The molecule has 0 heterocycles. The fraction of sp³-hybridized carbons (Fsp3) is 0.400. The van der Waals surface area contributed by atoms with Gasteiger partial charge in [-0.3, -0.25) is 0 Å². The zero-order valence-corrected chi connectivity index (χ0v) is 27.2. The highest BCUT2D eigenvalue weighted by atomic mass is 16.3. The first-order chi connectivity index (χ1) is 19.2. The van der Waals surface area contributed by atoms with Gasteiger partial charge in [0, 0.05) is 11.0 Å². The Morgan fingerprint density at radius 1 is 0.805 bits per heavy atom. The molecule has 2 aliphatic carbocycles. The molecule has 1 atom stereocenters. The van der Waals surface area contributed by atoms with E-state index in [1.54, 1.807) is 0 Å². The molecule has 0 amide bonds. The molecular weight excluding hydrogens is 496 g/mol. The number of allylic oxidation sites excluding steroid dienone is 21. The molecule has 0 fully saturated rings. The Kier molecular flexibility index (Phi) is 12.9. The lowest BCUT2D eigenvalue weighted by Gasteiger charge is -2.35. The summed E-state index contributed by atoms with van der Waals surface area (Å²) in [7, 11) is 0. The number of aliphatic hydroxyl groups excluding tert-OH is 1. The Labute approximate surface area is 251 Å². The molecular formula is C40H52O. The average Bonchev–Trinajstić information content (AvgIpc) is 2.84. The van der Waals surface area contributed by atoms with Crippen LogP contribution in [0.15, 0.2) is 130 Å². The Balaban J connectivity index is 1.91. The monoisotopic (exact) mass is 548 g/mol. The van der Waals surface area contributed by atoms with Crippen LogP contribution in [0, 0.1) is 22.7 Å². The molecule has 1 heteroatoms. The molecule has 0 saturated carbocycles. The van der Waals surface area contributed by atoms with Crippen LogP contribution in [0.5, 0.6) is 0 Å². The molecule has 0 saturated heterocycles. The molecule has 0 aliphatic heterocycles. The molecule has 2 rings (SSSR count). The minimum atomic E-state index is -0.224. The molecule has 1 unspecified atom stereocenters. The SMILES string of the molecule is CC(C=CC1=C(C)CC(O)CC1(C)C)=CC=CC(C)=C/C=C/C=C(C)/C=C/C=C(\C)C#CC1=C(C)C=CCC1(C)C. The van der Waals surface area contributed by atoms with E-state index < -0.39 is 0 Å². The van der Waals surface area contributed by atoms with Gasteiger partial charge in [0.25, 0.3) is 0 Å². The molecule has 0 aromatic rings. The minimum absolute atomic E-state index is 0.00833. The fourth-order valence-corrected chi connectivity index (χ4v) is 5.39. The summed E-state index contributed by atoms with van der Waals surface area (Å²) in [5.41, 5.74) is 9.92. The average molecular weight is 549 g/mol. The van der Waals surface area contributed by atoms with Crippen molar-refractivity contribution in [2.24, 2.45) is 10.8 Å². The quantitative estimate of drug-likeness (QED) is 0.236. The van der Waals surface area contributed by atoms with Crippen molar-refractivity contribution in [1.82, 2.24) is 0 Å². The van der Waals surface area contributed by atoms with Crippen LogP contribution < -0.4 is 0 Å². The van der Waals surface area contributed by atoms with Gasteiger partial charge in [-0.15, -0.1) is 0 Å². The van der Waals surface area contributed by atoms with Crippen LogP contribution in [0.4, 0.5) is 0 Å². The standard InChI is InChI=1S/C40H52O/c1-30(18-13-20-32(3)23-25-37-34(5)22-15-27-39(37,7)8)16-11-12-17-31(2)19-14-21-33(4)24-26-38-35(6)28-36(41)29-40(38,9)10/h11-22,24,26,36,41H,27-29H2,1-10H3/b12-11+,18-13+,19-14?,26-24?,30-16+,31-17?,32-20+,33-21?. The van der Waals surface area contributed by atoms with Crippen LogP contribution in [0.3, 0.4) is 0 Å². The zero-order valence-electron chi connectivity index (χ0n) is 27.2. The molecule has 0 aromatic heterocycles. The highest BCUT2D eigenvalue weighted by Gasteiger charge is 2.31. The molecule has 0 spiro atoms. The number of aliphatic hydroxyl groups is 1. The van der Waals surface area contributed by atoms with Gasteiger partial charge in [-0.2, -0.15) is 0 Å². The number of hydrogen-bond acceptors (Lipinski definition) is 1. The van der Waals surface area contributed by atoms with Crippen LogP contribution in [-0.4, -0.2) is 11.2 Å².